The molecule has 0 aliphatic carbocycles. The predicted octanol–water partition coefficient (Wildman–Crippen LogP) is 4.60. The molecule has 2 aromatic carbocycles. The number of hydrogen-bond donors (Lipinski definition) is 2. The van der Waals surface area contributed by atoms with Crippen LogP contribution in [0.25, 0.3) is 10.9 Å². The molecule has 0 unspecified atom stereocenters. The van der Waals surface area contributed by atoms with Crippen molar-refractivity contribution in [1.82, 2.24) is 9.88 Å². The zero-order valence-electron chi connectivity index (χ0n) is 21.2. The number of carboxylic acids is 1. The van der Waals surface area contributed by atoms with Gasteiger partial charge in [-0.1, -0.05) is 31.5 Å². The number of pyridine rings is 1. The second-order valence-corrected chi connectivity index (χ2v) is 11.7. The lowest BCUT2D eigenvalue weighted by atomic mass is 10.0. The first-order valence-electron chi connectivity index (χ1n) is 12.3. The first kappa shape index (κ1) is 25.9. The van der Waals surface area contributed by atoms with Gasteiger partial charge in [0.1, 0.15) is 5.82 Å². The minimum Gasteiger partial charge on any atom is -0.478 e. The Kier molecular flexibility index (Phi) is 7.51. The van der Waals surface area contributed by atoms with Crippen molar-refractivity contribution in [3.8, 4) is 0 Å². The molecule has 2 heterocycles. The minimum atomic E-state index is -3.81. The molecule has 1 fully saturated rings. The van der Waals surface area contributed by atoms with Crippen LogP contribution in [0.3, 0.4) is 0 Å². The van der Waals surface area contributed by atoms with E-state index in [0.29, 0.717) is 28.7 Å². The SMILES string of the molecule is Cc1ccc(S(=O)(=O)Nc2ccc3nc(N4CCN([C@@H](C)CC(C)C)CC4)cc(C(=O)O)c3c2)cc1. The van der Waals surface area contributed by atoms with Crippen LogP contribution in [0, 0.1) is 12.8 Å². The van der Waals surface area contributed by atoms with E-state index in [4.69, 9.17) is 4.98 Å². The third-order valence-corrected chi connectivity index (χ3v) is 8.08. The standard InChI is InChI=1S/C27H34N4O4S/c1-18(2)15-20(4)30-11-13-31(14-12-30)26-17-24(27(32)33)23-16-21(7-10-25(23)28-26)29-36(34,35)22-8-5-19(3)6-9-22/h5-10,16-18,20,29H,11-15H2,1-4H3,(H,32,33)/t20-/m0/s1. The largest absolute Gasteiger partial charge is 0.478 e. The first-order valence-corrected chi connectivity index (χ1v) is 13.8. The maximum absolute atomic E-state index is 12.8. The summed E-state index contributed by atoms with van der Waals surface area (Å²) in [5.41, 5.74) is 1.85. The van der Waals surface area contributed by atoms with Gasteiger partial charge in [-0.05, 0) is 62.6 Å². The number of fused-ring (bicyclic) bond motifs is 1. The predicted molar refractivity (Wildman–Crippen MR) is 143 cm³/mol. The summed E-state index contributed by atoms with van der Waals surface area (Å²) in [5.74, 6) is 0.194. The molecule has 0 amide bonds. The highest BCUT2D eigenvalue weighted by Crippen LogP contribution is 2.28. The number of carbonyl (C=O) groups is 1. The number of nitrogens with one attached hydrogen (secondary N) is 1. The second kappa shape index (κ2) is 10.4. The maximum Gasteiger partial charge on any atom is 0.336 e. The molecule has 2 N–H and O–H groups in total. The number of hydrogen-bond acceptors (Lipinski definition) is 6. The summed E-state index contributed by atoms with van der Waals surface area (Å²) in [6.45, 7) is 12.0. The van der Waals surface area contributed by atoms with Crippen molar-refractivity contribution in [3.05, 3.63) is 59.7 Å². The average molecular weight is 511 g/mol. The molecular weight excluding hydrogens is 476 g/mol. The number of aromatic carboxylic acids is 1. The molecule has 9 heteroatoms. The van der Waals surface area contributed by atoms with E-state index in [1.807, 2.05) is 6.92 Å². The van der Waals surface area contributed by atoms with Crippen LogP contribution in [0.4, 0.5) is 11.5 Å². The molecule has 0 saturated carbocycles. The summed E-state index contributed by atoms with van der Waals surface area (Å²) in [4.78, 5) is 21.6. The Hall–Kier alpha value is -3.17. The molecule has 1 aliphatic heterocycles. The fourth-order valence-corrected chi connectivity index (χ4v) is 5.82. The van der Waals surface area contributed by atoms with E-state index >= 15 is 0 Å². The highest BCUT2D eigenvalue weighted by molar-refractivity contribution is 7.92. The van der Waals surface area contributed by atoms with Gasteiger partial charge >= 0.3 is 5.97 Å². The van der Waals surface area contributed by atoms with Gasteiger partial charge < -0.3 is 10.0 Å². The van der Waals surface area contributed by atoms with Gasteiger partial charge in [0, 0.05) is 43.3 Å². The van der Waals surface area contributed by atoms with Crippen LogP contribution in [0.5, 0.6) is 0 Å². The molecule has 192 valence electrons. The van der Waals surface area contributed by atoms with Gasteiger partial charge in [0.05, 0.1) is 16.0 Å². The van der Waals surface area contributed by atoms with Gasteiger partial charge in [-0.25, -0.2) is 18.2 Å². The van der Waals surface area contributed by atoms with Gasteiger partial charge in [-0.2, -0.15) is 0 Å². The fraction of sp³-hybridized carbons (Fsp3) is 0.407. The Morgan fingerprint density at radius 1 is 1.03 bits per heavy atom. The highest BCUT2D eigenvalue weighted by Gasteiger charge is 2.24. The van der Waals surface area contributed by atoms with Crippen LogP contribution in [0.2, 0.25) is 0 Å². The Morgan fingerprint density at radius 3 is 2.31 bits per heavy atom. The van der Waals surface area contributed by atoms with Gasteiger partial charge in [0.2, 0.25) is 0 Å². The van der Waals surface area contributed by atoms with Crippen molar-refractivity contribution in [3.63, 3.8) is 0 Å². The number of rotatable bonds is 8. The molecule has 8 nitrogen and oxygen atoms in total. The molecule has 1 saturated heterocycles. The smallest absolute Gasteiger partial charge is 0.336 e. The molecule has 0 spiro atoms. The maximum atomic E-state index is 12.8. The molecule has 4 rings (SSSR count). The molecule has 1 atom stereocenters. The summed E-state index contributed by atoms with van der Waals surface area (Å²) >= 11 is 0. The van der Waals surface area contributed by atoms with Gasteiger partial charge in [0.25, 0.3) is 10.0 Å². The number of sulfonamides is 1. The molecule has 0 radical (unpaired) electrons. The summed E-state index contributed by atoms with van der Waals surface area (Å²) in [6.07, 6.45) is 1.15. The summed E-state index contributed by atoms with van der Waals surface area (Å²) < 4.78 is 28.2. The van der Waals surface area contributed by atoms with E-state index < -0.39 is 16.0 Å². The lowest BCUT2D eigenvalue weighted by Crippen LogP contribution is -2.50. The number of aromatic nitrogens is 1. The fourth-order valence-electron chi connectivity index (χ4n) is 4.77. The highest BCUT2D eigenvalue weighted by atomic mass is 32.2. The Labute approximate surface area is 213 Å². The Bertz CT molecular complexity index is 1350. The average Bonchev–Trinajstić information content (AvgIpc) is 2.83. The Morgan fingerprint density at radius 2 is 1.69 bits per heavy atom. The van der Waals surface area contributed by atoms with E-state index in [1.165, 1.54) is 6.07 Å². The topological polar surface area (TPSA) is 103 Å². The van der Waals surface area contributed by atoms with Crippen LogP contribution >= 0.6 is 0 Å². The summed E-state index contributed by atoms with van der Waals surface area (Å²) in [7, 11) is -3.81. The molecule has 0 bridgehead atoms. The summed E-state index contributed by atoms with van der Waals surface area (Å²) in [5, 5.41) is 10.3. The number of benzene rings is 2. The van der Waals surface area contributed by atoms with Crippen molar-refractivity contribution in [2.45, 2.75) is 45.1 Å². The summed E-state index contributed by atoms with van der Waals surface area (Å²) in [6, 6.07) is 13.5. The number of carboxylic acid groups (broad SMARTS) is 1. The van der Waals surface area contributed by atoms with E-state index in [2.05, 4.69) is 35.3 Å². The van der Waals surface area contributed by atoms with Crippen molar-refractivity contribution in [2.75, 3.05) is 35.8 Å². The van der Waals surface area contributed by atoms with Crippen LogP contribution in [0.15, 0.2) is 53.4 Å². The van der Waals surface area contributed by atoms with Crippen LogP contribution in [-0.2, 0) is 10.0 Å². The van der Waals surface area contributed by atoms with Crippen LogP contribution < -0.4 is 9.62 Å². The third-order valence-electron chi connectivity index (χ3n) is 6.68. The van der Waals surface area contributed by atoms with E-state index in [0.717, 1.165) is 38.2 Å². The van der Waals surface area contributed by atoms with Crippen LogP contribution in [-0.4, -0.2) is 61.6 Å². The lowest BCUT2D eigenvalue weighted by Gasteiger charge is -2.39. The lowest BCUT2D eigenvalue weighted by molar-refractivity contribution is 0.0699. The van der Waals surface area contributed by atoms with Gasteiger partial charge in [-0.3, -0.25) is 9.62 Å². The molecular formula is C27H34N4O4S. The minimum absolute atomic E-state index is 0.0991. The third kappa shape index (κ3) is 5.79. The van der Waals surface area contributed by atoms with Crippen molar-refractivity contribution < 1.29 is 18.3 Å². The molecule has 1 aliphatic rings. The van der Waals surface area contributed by atoms with Crippen molar-refractivity contribution in [1.29, 1.82) is 0 Å². The van der Waals surface area contributed by atoms with Crippen LogP contribution in [0.1, 0.15) is 43.1 Å². The van der Waals surface area contributed by atoms with Crippen molar-refractivity contribution in [2.24, 2.45) is 5.92 Å². The number of piperazine rings is 1. The van der Waals surface area contributed by atoms with Gasteiger partial charge in [-0.15, -0.1) is 0 Å². The van der Waals surface area contributed by atoms with E-state index in [-0.39, 0.29) is 16.1 Å². The number of anilines is 2. The van der Waals surface area contributed by atoms with E-state index in [9.17, 15) is 18.3 Å². The Balaban J connectivity index is 1.58. The molecule has 36 heavy (non-hydrogen) atoms. The zero-order chi connectivity index (χ0) is 26.0. The molecule has 1 aromatic heterocycles. The number of nitrogens with zero attached hydrogens (tertiary/aromatic N) is 3. The van der Waals surface area contributed by atoms with Gasteiger partial charge in [0.15, 0.2) is 0 Å². The quantitative estimate of drug-likeness (QED) is 0.457. The zero-order valence-corrected chi connectivity index (χ0v) is 22.0. The molecule has 3 aromatic rings. The monoisotopic (exact) mass is 510 g/mol. The normalized spacial score (nSPS) is 15.9. The second-order valence-electron chi connectivity index (χ2n) is 9.99. The first-order chi connectivity index (χ1) is 17.0. The van der Waals surface area contributed by atoms with E-state index in [1.54, 1.807) is 42.5 Å². The van der Waals surface area contributed by atoms with Crippen molar-refractivity contribution >= 4 is 38.4 Å². The number of aryl methyl sites for hydroxylation is 1.